The van der Waals surface area contributed by atoms with Crippen LogP contribution >= 0.6 is 0 Å². The molecule has 0 aliphatic carbocycles. The quantitative estimate of drug-likeness (QED) is 0.832. The van der Waals surface area contributed by atoms with Gasteiger partial charge in [0.15, 0.2) is 0 Å². The highest BCUT2D eigenvalue weighted by molar-refractivity contribution is 7.88. The highest BCUT2D eigenvalue weighted by Crippen LogP contribution is 2.35. The molecule has 0 spiro atoms. The molecule has 3 heterocycles. The van der Waals surface area contributed by atoms with Crippen LogP contribution in [0.2, 0.25) is 0 Å². The molecular weight excluding hydrogens is 276 g/mol. The molecule has 4 unspecified atom stereocenters. The van der Waals surface area contributed by atoms with E-state index in [9.17, 15) is 13.2 Å². The monoisotopic (exact) mass is 300 g/mol. The summed E-state index contributed by atoms with van der Waals surface area (Å²) in [6.45, 7) is 1.14. The van der Waals surface area contributed by atoms with Crippen LogP contribution in [0.5, 0.6) is 0 Å². The van der Waals surface area contributed by atoms with E-state index in [1.807, 2.05) is 0 Å². The third-order valence-corrected chi connectivity index (χ3v) is 6.42. The number of sulfonamides is 1. The van der Waals surface area contributed by atoms with Gasteiger partial charge in [0.1, 0.15) is 5.78 Å². The first kappa shape index (κ1) is 14.5. The number of carbonyl (C=O) groups excluding carboxylic acids is 1. The number of carbonyl (C=O) groups is 1. The van der Waals surface area contributed by atoms with Crippen LogP contribution in [0.15, 0.2) is 0 Å². The zero-order valence-electron chi connectivity index (χ0n) is 12.0. The van der Waals surface area contributed by atoms with Gasteiger partial charge in [-0.2, -0.15) is 0 Å². The van der Waals surface area contributed by atoms with Crippen molar-refractivity contribution in [3.05, 3.63) is 0 Å². The first-order valence-corrected chi connectivity index (χ1v) is 9.52. The van der Waals surface area contributed by atoms with Gasteiger partial charge >= 0.3 is 0 Å². The molecule has 4 atom stereocenters. The van der Waals surface area contributed by atoms with E-state index in [0.29, 0.717) is 37.4 Å². The van der Waals surface area contributed by atoms with Crippen molar-refractivity contribution in [2.45, 2.75) is 50.6 Å². The molecule has 114 valence electrons. The van der Waals surface area contributed by atoms with E-state index in [0.717, 1.165) is 25.7 Å². The Morgan fingerprint density at radius 3 is 2.70 bits per heavy atom. The summed E-state index contributed by atoms with van der Waals surface area (Å²) in [4.78, 5) is 12.5. The molecule has 20 heavy (non-hydrogen) atoms. The minimum Gasteiger partial charge on any atom is -0.310 e. The van der Waals surface area contributed by atoms with Crippen molar-refractivity contribution in [2.24, 2.45) is 11.8 Å². The van der Waals surface area contributed by atoms with E-state index in [-0.39, 0.29) is 11.8 Å². The van der Waals surface area contributed by atoms with Crippen molar-refractivity contribution in [1.29, 1.82) is 0 Å². The van der Waals surface area contributed by atoms with Gasteiger partial charge in [-0.15, -0.1) is 0 Å². The van der Waals surface area contributed by atoms with Crippen LogP contribution in [0.4, 0.5) is 0 Å². The Kier molecular flexibility index (Phi) is 3.90. The lowest BCUT2D eigenvalue weighted by Crippen LogP contribution is -2.40. The normalized spacial score (nSPS) is 38.2. The zero-order valence-corrected chi connectivity index (χ0v) is 12.9. The summed E-state index contributed by atoms with van der Waals surface area (Å²) in [5.41, 5.74) is 0. The minimum absolute atomic E-state index is 0.183. The first-order valence-electron chi connectivity index (χ1n) is 7.67. The number of hydrogen-bond donors (Lipinski definition) is 1. The number of hydrogen-bond acceptors (Lipinski definition) is 4. The van der Waals surface area contributed by atoms with Crippen molar-refractivity contribution in [1.82, 2.24) is 9.62 Å². The van der Waals surface area contributed by atoms with Gasteiger partial charge < -0.3 is 5.32 Å². The summed E-state index contributed by atoms with van der Waals surface area (Å²) in [7, 11) is -3.11. The molecule has 3 aliphatic rings. The predicted molar refractivity (Wildman–Crippen MR) is 76.8 cm³/mol. The molecule has 5 nitrogen and oxygen atoms in total. The maximum Gasteiger partial charge on any atom is 0.211 e. The Hall–Kier alpha value is -0.460. The number of nitrogens with zero attached hydrogens (tertiary/aromatic N) is 1. The zero-order chi connectivity index (χ0) is 14.3. The SMILES string of the molecule is CS(=O)(=O)N1CCCC(CC(=O)C2CC3CCC2N3)C1. The Bertz CT molecular complexity index is 491. The predicted octanol–water partition coefficient (Wildman–Crippen LogP) is 0.758. The number of ketones is 1. The van der Waals surface area contributed by atoms with Crippen molar-refractivity contribution >= 4 is 15.8 Å². The van der Waals surface area contributed by atoms with Crippen molar-refractivity contribution in [3.63, 3.8) is 0 Å². The van der Waals surface area contributed by atoms with Crippen LogP contribution in [0.25, 0.3) is 0 Å². The summed E-state index contributed by atoms with van der Waals surface area (Å²) in [5.74, 6) is 0.748. The molecule has 3 aliphatic heterocycles. The van der Waals surface area contributed by atoms with Gasteiger partial charge in [-0.25, -0.2) is 12.7 Å². The lowest BCUT2D eigenvalue weighted by Gasteiger charge is -2.31. The molecule has 0 radical (unpaired) electrons. The second kappa shape index (κ2) is 5.39. The molecule has 0 aromatic heterocycles. The molecule has 0 aromatic carbocycles. The van der Waals surface area contributed by atoms with E-state index in [1.165, 1.54) is 17.0 Å². The molecular formula is C14H24N2O3S. The third kappa shape index (κ3) is 2.92. The topological polar surface area (TPSA) is 66.5 Å². The fourth-order valence-electron chi connectivity index (χ4n) is 4.11. The number of piperidine rings is 1. The van der Waals surface area contributed by atoms with Crippen LogP contribution in [0.3, 0.4) is 0 Å². The summed E-state index contributed by atoms with van der Waals surface area (Å²) < 4.78 is 24.8. The Balaban J connectivity index is 1.56. The van der Waals surface area contributed by atoms with Gasteiger partial charge in [0.2, 0.25) is 10.0 Å². The fourth-order valence-corrected chi connectivity index (χ4v) is 5.05. The highest BCUT2D eigenvalue weighted by Gasteiger charge is 2.43. The summed E-state index contributed by atoms with van der Waals surface area (Å²) in [5, 5.41) is 3.50. The van der Waals surface area contributed by atoms with Crippen LogP contribution in [-0.4, -0.2) is 49.9 Å². The van der Waals surface area contributed by atoms with Gasteiger partial charge in [0, 0.05) is 37.5 Å². The van der Waals surface area contributed by atoms with Crippen LogP contribution in [0.1, 0.15) is 38.5 Å². The molecule has 1 N–H and O–H groups in total. The fraction of sp³-hybridized carbons (Fsp3) is 0.929. The van der Waals surface area contributed by atoms with Crippen molar-refractivity contribution in [2.75, 3.05) is 19.3 Å². The lowest BCUT2D eigenvalue weighted by molar-refractivity contribution is -0.124. The van der Waals surface area contributed by atoms with E-state index in [4.69, 9.17) is 0 Å². The minimum atomic E-state index is -3.11. The molecule has 3 saturated heterocycles. The molecule has 0 aromatic rings. The largest absolute Gasteiger partial charge is 0.310 e. The molecule has 3 rings (SSSR count). The van der Waals surface area contributed by atoms with Gasteiger partial charge in [0.25, 0.3) is 0 Å². The lowest BCUT2D eigenvalue weighted by atomic mass is 9.82. The molecule has 0 saturated carbocycles. The van der Waals surface area contributed by atoms with Gasteiger partial charge in [-0.1, -0.05) is 0 Å². The maximum atomic E-state index is 12.5. The Morgan fingerprint density at radius 2 is 2.10 bits per heavy atom. The van der Waals surface area contributed by atoms with Gasteiger partial charge in [0.05, 0.1) is 6.26 Å². The summed E-state index contributed by atoms with van der Waals surface area (Å²) in [6.07, 6.45) is 7.00. The van der Waals surface area contributed by atoms with Crippen LogP contribution in [-0.2, 0) is 14.8 Å². The van der Waals surface area contributed by atoms with Gasteiger partial charge in [-0.05, 0) is 38.0 Å². The standard InChI is InChI=1S/C14H24N2O3S/c1-20(18,19)16-6-2-3-10(9-16)7-14(17)12-8-11-4-5-13(12)15-11/h10-13,15H,2-9H2,1H3. The molecule has 3 fully saturated rings. The smallest absolute Gasteiger partial charge is 0.211 e. The number of rotatable bonds is 4. The number of Topliss-reactive ketones (excluding diaryl/α,β-unsaturated/α-hetero) is 1. The summed E-state index contributed by atoms with van der Waals surface area (Å²) >= 11 is 0. The maximum absolute atomic E-state index is 12.5. The van der Waals surface area contributed by atoms with Crippen molar-refractivity contribution < 1.29 is 13.2 Å². The summed E-state index contributed by atoms with van der Waals surface area (Å²) in [6, 6.07) is 0.940. The second-order valence-electron chi connectivity index (χ2n) is 6.69. The first-order chi connectivity index (χ1) is 9.43. The second-order valence-corrected chi connectivity index (χ2v) is 8.67. The van der Waals surface area contributed by atoms with E-state index in [2.05, 4.69) is 5.32 Å². The highest BCUT2D eigenvalue weighted by atomic mass is 32.2. The van der Waals surface area contributed by atoms with E-state index in [1.54, 1.807) is 0 Å². The Labute approximate surface area is 121 Å². The molecule has 0 amide bonds. The van der Waals surface area contributed by atoms with Gasteiger partial charge in [-0.3, -0.25) is 4.79 Å². The average Bonchev–Trinajstić information content (AvgIpc) is 3.00. The van der Waals surface area contributed by atoms with Crippen LogP contribution in [0, 0.1) is 11.8 Å². The number of fused-ring (bicyclic) bond motifs is 2. The molecule has 6 heteroatoms. The average molecular weight is 300 g/mol. The van der Waals surface area contributed by atoms with E-state index >= 15 is 0 Å². The van der Waals surface area contributed by atoms with E-state index < -0.39 is 10.0 Å². The number of nitrogens with one attached hydrogen (secondary N) is 1. The Morgan fingerprint density at radius 1 is 1.30 bits per heavy atom. The van der Waals surface area contributed by atoms with Crippen LogP contribution < -0.4 is 5.32 Å². The third-order valence-electron chi connectivity index (χ3n) is 5.15. The molecule has 2 bridgehead atoms. The van der Waals surface area contributed by atoms with Crippen molar-refractivity contribution in [3.8, 4) is 0 Å².